The zero-order valence-electron chi connectivity index (χ0n) is 11.4. The summed E-state index contributed by atoms with van der Waals surface area (Å²) in [7, 11) is 0. The Bertz CT molecular complexity index is 804. The topological polar surface area (TPSA) is 58.4 Å². The Morgan fingerprint density at radius 3 is 2.73 bits per heavy atom. The molecule has 112 valence electrons. The largest absolute Gasteiger partial charge is 0.354 e. The summed E-state index contributed by atoms with van der Waals surface area (Å²) < 4.78 is 6.29. The van der Waals surface area contributed by atoms with Gasteiger partial charge in [0.05, 0.1) is 5.39 Å². The molecule has 0 saturated carbocycles. The molecule has 0 saturated heterocycles. The van der Waals surface area contributed by atoms with E-state index in [4.69, 9.17) is 16.1 Å². The van der Waals surface area contributed by atoms with Crippen LogP contribution in [-0.2, 0) is 6.54 Å². The van der Waals surface area contributed by atoms with E-state index in [1.54, 1.807) is 18.2 Å². The van der Waals surface area contributed by atoms with Gasteiger partial charge < -0.3 is 9.84 Å². The molecule has 0 spiro atoms. The average Bonchev–Trinajstić information content (AvgIpc) is 2.97. The minimum Gasteiger partial charge on any atom is -0.354 e. The number of carbonyl (C=O) groups excluding carboxylic acids is 1. The molecule has 0 aliphatic heterocycles. The maximum atomic E-state index is 12.2. The molecule has 1 aromatic heterocycles. The van der Waals surface area contributed by atoms with Crippen molar-refractivity contribution < 1.29 is 9.32 Å². The van der Waals surface area contributed by atoms with Gasteiger partial charge in [0.1, 0.15) is 0 Å². The molecule has 7 heteroatoms. The number of benzene rings is 2. The summed E-state index contributed by atoms with van der Waals surface area (Å²) in [6, 6.07) is 14.1. The first-order valence-corrected chi connectivity index (χ1v) is 7.28. The molecule has 0 unspecified atom stereocenters. The van der Waals surface area contributed by atoms with Gasteiger partial charge in [-0.3, -0.25) is 0 Å². The van der Waals surface area contributed by atoms with E-state index in [0.29, 0.717) is 23.0 Å². The lowest BCUT2D eigenvalue weighted by atomic mass is 10.2. The summed E-state index contributed by atoms with van der Waals surface area (Å²) in [6.45, 7) is 0.364. The molecule has 1 N–H and O–H groups in total. The highest BCUT2D eigenvalue weighted by Gasteiger charge is 2.18. The van der Waals surface area contributed by atoms with Gasteiger partial charge in [-0.1, -0.05) is 53.8 Å². The molecule has 3 rings (SSSR count). The Balaban J connectivity index is 1.70. The molecule has 2 amide bonds. The van der Waals surface area contributed by atoms with Gasteiger partial charge in [-0.05, 0) is 29.8 Å². The van der Waals surface area contributed by atoms with E-state index in [2.05, 4.69) is 23.3 Å². The van der Waals surface area contributed by atoms with Crippen molar-refractivity contribution in [2.24, 2.45) is 0 Å². The van der Waals surface area contributed by atoms with Crippen molar-refractivity contribution in [1.29, 1.82) is 0 Å². The summed E-state index contributed by atoms with van der Waals surface area (Å²) in [5.41, 5.74) is 1.53. The van der Waals surface area contributed by atoms with Crippen molar-refractivity contribution in [2.45, 2.75) is 6.54 Å². The molecular weight excluding hydrogens is 322 g/mol. The van der Waals surface area contributed by atoms with Crippen LogP contribution in [0.3, 0.4) is 0 Å². The first-order chi connectivity index (χ1) is 10.6. The number of rotatable bonds is 3. The molecule has 0 radical (unpaired) electrons. The van der Waals surface area contributed by atoms with Gasteiger partial charge >= 0.3 is 6.03 Å². The Kier molecular flexibility index (Phi) is 4.22. The van der Waals surface area contributed by atoms with E-state index in [1.165, 1.54) is 0 Å². The number of hydrogen-bond acceptors (Lipinski definition) is 4. The fraction of sp³-hybridized carbons (Fsp3) is 0.0667. The van der Waals surface area contributed by atoms with E-state index < -0.39 is 6.03 Å². The normalized spacial score (nSPS) is 10.6. The number of halogens is 1. The van der Waals surface area contributed by atoms with Crippen molar-refractivity contribution in [1.82, 2.24) is 10.5 Å². The van der Waals surface area contributed by atoms with Crippen LogP contribution in [0.15, 0.2) is 53.1 Å². The molecule has 0 atom stereocenters. The smallest absolute Gasteiger partial charge is 0.333 e. The maximum Gasteiger partial charge on any atom is 0.333 e. The molecule has 3 aromatic rings. The fourth-order valence-electron chi connectivity index (χ4n) is 1.98. The van der Waals surface area contributed by atoms with Crippen LogP contribution in [-0.4, -0.2) is 11.2 Å². The van der Waals surface area contributed by atoms with Crippen molar-refractivity contribution >= 4 is 47.2 Å². The molecule has 22 heavy (non-hydrogen) atoms. The minimum absolute atomic E-state index is 0.354. The van der Waals surface area contributed by atoms with E-state index in [1.807, 2.05) is 30.3 Å². The molecule has 5 nitrogen and oxygen atoms in total. The van der Waals surface area contributed by atoms with Crippen molar-refractivity contribution in [3.8, 4) is 0 Å². The maximum absolute atomic E-state index is 12.2. The summed E-state index contributed by atoms with van der Waals surface area (Å²) in [5, 5.41) is 8.01. The Morgan fingerprint density at radius 2 is 1.95 bits per heavy atom. The first-order valence-electron chi connectivity index (χ1n) is 6.51. The highest BCUT2D eigenvalue weighted by molar-refractivity contribution is 7.82. The molecule has 2 aromatic carbocycles. The Hall–Kier alpha value is -2.18. The van der Waals surface area contributed by atoms with Gasteiger partial charge in [0.15, 0.2) is 11.4 Å². The van der Waals surface area contributed by atoms with Crippen molar-refractivity contribution in [3.05, 3.63) is 59.1 Å². The fourth-order valence-corrected chi connectivity index (χ4v) is 2.32. The Labute approximate surface area is 137 Å². The second-order valence-electron chi connectivity index (χ2n) is 4.60. The summed E-state index contributed by atoms with van der Waals surface area (Å²) in [5.74, 6) is 0.354. The number of amides is 2. The number of para-hydroxylation sites is 1. The van der Waals surface area contributed by atoms with Crippen LogP contribution in [0.4, 0.5) is 10.6 Å². The molecule has 0 aliphatic carbocycles. The molecular formula is C15H12ClN3O2S. The number of fused-ring (bicyclic) bond motifs is 1. The summed E-state index contributed by atoms with van der Waals surface area (Å²) in [6.07, 6.45) is 0. The molecule has 0 aliphatic rings. The second kappa shape index (κ2) is 6.29. The summed E-state index contributed by atoms with van der Waals surface area (Å²) in [4.78, 5) is 12.2. The van der Waals surface area contributed by atoms with Gasteiger partial charge in [0, 0.05) is 11.6 Å². The number of urea groups is 1. The van der Waals surface area contributed by atoms with Crippen LogP contribution in [0.1, 0.15) is 5.56 Å². The van der Waals surface area contributed by atoms with Gasteiger partial charge in [-0.2, -0.15) is 0 Å². The predicted molar refractivity (Wildman–Crippen MR) is 89.2 cm³/mol. The Morgan fingerprint density at radius 1 is 1.23 bits per heavy atom. The monoisotopic (exact) mass is 333 g/mol. The quantitative estimate of drug-likeness (QED) is 0.711. The van der Waals surface area contributed by atoms with Crippen LogP contribution >= 0.6 is 24.4 Å². The van der Waals surface area contributed by atoms with Gasteiger partial charge in [0.25, 0.3) is 0 Å². The average molecular weight is 334 g/mol. The second-order valence-corrected chi connectivity index (χ2v) is 5.44. The third kappa shape index (κ3) is 3.03. The zero-order valence-corrected chi connectivity index (χ0v) is 13.0. The minimum atomic E-state index is -0.391. The van der Waals surface area contributed by atoms with E-state index in [9.17, 15) is 4.79 Å². The van der Waals surface area contributed by atoms with Crippen LogP contribution < -0.4 is 9.62 Å². The third-order valence-electron chi connectivity index (χ3n) is 3.11. The summed E-state index contributed by atoms with van der Waals surface area (Å²) >= 11 is 10.0. The number of thiol groups is 1. The first kappa shape index (κ1) is 14.7. The van der Waals surface area contributed by atoms with Crippen LogP contribution in [0, 0.1) is 0 Å². The predicted octanol–water partition coefficient (Wildman–Crippen LogP) is 4.04. The third-order valence-corrected chi connectivity index (χ3v) is 3.73. The highest BCUT2D eigenvalue weighted by atomic mass is 35.5. The van der Waals surface area contributed by atoms with Gasteiger partial charge in [-0.15, -0.1) is 0 Å². The number of anilines is 1. The SMILES string of the molecule is O=C(NCc1ccc(Cl)cc1)N(S)c1noc2ccccc12. The van der Waals surface area contributed by atoms with E-state index >= 15 is 0 Å². The number of nitrogens with one attached hydrogen (secondary N) is 1. The highest BCUT2D eigenvalue weighted by Crippen LogP contribution is 2.26. The van der Waals surface area contributed by atoms with Crippen molar-refractivity contribution in [3.63, 3.8) is 0 Å². The van der Waals surface area contributed by atoms with Crippen molar-refractivity contribution in [2.75, 3.05) is 4.31 Å². The van der Waals surface area contributed by atoms with Gasteiger partial charge in [-0.25, -0.2) is 9.10 Å². The molecule has 1 heterocycles. The van der Waals surface area contributed by atoms with Crippen LogP contribution in [0.2, 0.25) is 5.02 Å². The number of aromatic nitrogens is 1. The van der Waals surface area contributed by atoms with E-state index in [0.717, 1.165) is 15.3 Å². The van der Waals surface area contributed by atoms with E-state index in [-0.39, 0.29) is 0 Å². The lowest BCUT2D eigenvalue weighted by Crippen LogP contribution is -2.33. The number of carbonyl (C=O) groups is 1. The van der Waals surface area contributed by atoms with Crippen LogP contribution in [0.5, 0.6) is 0 Å². The van der Waals surface area contributed by atoms with Crippen LogP contribution in [0.25, 0.3) is 11.0 Å². The number of nitrogens with zero attached hydrogens (tertiary/aromatic N) is 2. The zero-order chi connectivity index (χ0) is 15.5. The lowest BCUT2D eigenvalue weighted by Gasteiger charge is -2.13. The number of hydrogen-bond donors (Lipinski definition) is 2. The lowest BCUT2D eigenvalue weighted by molar-refractivity contribution is 0.249. The van der Waals surface area contributed by atoms with Gasteiger partial charge in [0.2, 0.25) is 0 Å². The molecule has 0 fully saturated rings. The molecule has 0 bridgehead atoms. The standard InChI is InChI=1S/C15H12ClN3O2S/c16-11-7-5-10(6-8-11)9-17-15(20)19(22)14-12-3-1-2-4-13(12)21-18-14/h1-8,22H,9H2,(H,17,20).